The van der Waals surface area contributed by atoms with Crippen LogP contribution in [0.4, 0.5) is 0 Å². The second-order valence-corrected chi connectivity index (χ2v) is 9.28. The van der Waals surface area contributed by atoms with Crippen molar-refractivity contribution in [3.8, 4) is 11.5 Å². The number of ether oxygens (including phenoxy) is 2. The average molecular weight is 503 g/mol. The molecule has 196 valence electrons. The molecule has 0 aliphatic heterocycles. The number of carbonyl (C=O) groups is 2. The molecule has 0 radical (unpaired) electrons. The number of carbonyl (C=O) groups excluding carboxylic acids is 2. The van der Waals surface area contributed by atoms with Crippen LogP contribution in [0.1, 0.15) is 42.0 Å². The Hall–Kier alpha value is -3.80. The molecule has 0 aromatic heterocycles. The molecule has 0 unspecified atom stereocenters. The van der Waals surface area contributed by atoms with Gasteiger partial charge in [0, 0.05) is 19.5 Å². The summed E-state index contributed by atoms with van der Waals surface area (Å²) in [6.07, 6.45) is 2.25. The summed E-state index contributed by atoms with van der Waals surface area (Å²) in [5.74, 6) is 0.945. The van der Waals surface area contributed by atoms with E-state index in [-0.39, 0.29) is 25.0 Å². The first-order valence-corrected chi connectivity index (χ1v) is 12.8. The zero-order valence-electron chi connectivity index (χ0n) is 22.3. The fraction of sp³-hybridized carbons (Fsp3) is 0.355. The van der Waals surface area contributed by atoms with Gasteiger partial charge in [0.15, 0.2) is 6.61 Å². The second kappa shape index (κ2) is 14.1. The fourth-order valence-electron chi connectivity index (χ4n) is 4.11. The minimum absolute atomic E-state index is 0.165. The number of methoxy groups -OCH3 is 1. The first-order chi connectivity index (χ1) is 17.9. The molecular weight excluding hydrogens is 464 g/mol. The highest BCUT2D eigenvalue weighted by Gasteiger charge is 2.30. The van der Waals surface area contributed by atoms with Crippen molar-refractivity contribution in [2.75, 3.05) is 20.3 Å². The first kappa shape index (κ1) is 27.8. The lowest BCUT2D eigenvalue weighted by atomic mass is 10.0. The van der Waals surface area contributed by atoms with E-state index in [0.717, 1.165) is 35.1 Å². The Morgan fingerprint density at radius 1 is 0.946 bits per heavy atom. The van der Waals surface area contributed by atoms with E-state index in [1.165, 1.54) is 0 Å². The van der Waals surface area contributed by atoms with Crippen LogP contribution in [0.25, 0.3) is 0 Å². The number of hydrogen-bond donors (Lipinski definition) is 1. The Kier molecular flexibility index (Phi) is 10.6. The van der Waals surface area contributed by atoms with E-state index in [1.54, 1.807) is 12.0 Å². The minimum atomic E-state index is -0.694. The third-order valence-electron chi connectivity index (χ3n) is 6.28. The fourth-order valence-corrected chi connectivity index (χ4v) is 4.11. The molecule has 0 aliphatic rings. The smallest absolute Gasteiger partial charge is 0.261 e. The molecule has 3 aromatic carbocycles. The van der Waals surface area contributed by atoms with Gasteiger partial charge in [-0.15, -0.1) is 0 Å². The summed E-state index contributed by atoms with van der Waals surface area (Å²) in [5, 5.41) is 3.04. The van der Waals surface area contributed by atoms with Crippen LogP contribution in [0.5, 0.6) is 11.5 Å². The topological polar surface area (TPSA) is 67.9 Å². The second-order valence-electron chi connectivity index (χ2n) is 9.28. The van der Waals surface area contributed by atoms with Gasteiger partial charge in [-0.25, -0.2) is 0 Å². The first-order valence-electron chi connectivity index (χ1n) is 12.8. The van der Waals surface area contributed by atoms with E-state index < -0.39 is 6.04 Å². The van der Waals surface area contributed by atoms with Gasteiger partial charge in [0.05, 0.1) is 7.11 Å². The zero-order valence-corrected chi connectivity index (χ0v) is 22.3. The van der Waals surface area contributed by atoms with Crippen LogP contribution >= 0.6 is 0 Å². The van der Waals surface area contributed by atoms with Crippen molar-refractivity contribution in [3.05, 3.63) is 95.1 Å². The molecule has 6 heteroatoms. The van der Waals surface area contributed by atoms with E-state index in [4.69, 9.17) is 9.47 Å². The van der Waals surface area contributed by atoms with Gasteiger partial charge in [-0.2, -0.15) is 0 Å². The van der Waals surface area contributed by atoms with Crippen LogP contribution < -0.4 is 14.8 Å². The third-order valence-corrected chi connectivity index (χ3v) is 6.28. The number of aryl methyl sites for hydroxylation is 2. The van der Waals surface area contributed by atoms with E-state index >= 15 is 0 Å². The van der Waals surface area contributed by atoms with Gasteiger partial charge in [0.1, 0.15) is 17.5 Å². The highest BCUT2D eigenvalue weighted by Crippen LogP contribution is 2.21. The maximum absolute atomic E-state index is 13.7. The van der Waals surface area contributed by atoms with Gasteiger partial charge in [-0.05, 0) is 60.7 Å². The van der Waals surface area contributed by atoms with Crippen LogP contribution in [0.3, 0.4) is 0 Å². The predicted octanol–water partition coefficient (Wildman–Crippen LogP) is 5.25. The van der Waals surface area contributed by atoms with Crippen molar-refractivity contribution in [1.82, 2.24) is 10.2 Å². The van der Waals surface area contributed by atoms with Crippen LogP contribution in [0, 0.1) is 13.8 Å². The van der Waals surface area contributed by atoms with E-state index in [2.05, 4.69) is 12.2 Å². The molecule has 6 nitrogen and oxygen atoms in total. The molecule has 0 aliphatic carbocycles. The van der Waals surface area contributed by atoms with Crippen molar-refractivity contribution in [2.45, 2.75) is 52.6 Å². The van der Waals surface area contributed by atoms with Crippen LogP contribution in [0.15, 0.2) is 72.8 Å². The molecule has 3 aromatic rings. The number of unbranched alkanes of at least 4 members (excludes halogenated alkanes) is 1. The standard InChI is InChI=1S/C31H38N2O4/c1-5-6-17-32-31(35)28(20-25-11-8-7-9-12-25)33(21-26-13-10-14-27(19-26)36-4)30(34)22-37-29-18-23(2)15-16-24(29)3/h7-16,18-19,28H,5-6,17,20-22H2,1-4H3,(H,32,35)/t28-/m0/s1. The maximum atomic E-state index is 13.7. The highest BCUT2D eigenvalue weighted by molar-refractivity contribution is 5.88. The largest absolute Gasteiger partial charge is 0.497 e. The normalized spacial score (nSPS) is 11.5. The highest BCUT2D eigenvalue weighted by atomic mass is 16.5. The lowest BCUT2D eigenvalue weighted by molar-refractivity contribution is -0.142. The minimum Gasteiger partial charge on any atom is -0.497 e. The molecule has 0 saturated heterocycles. The number of hydrogen-bond acceptors (Lipinski definition) is 4. The molecule has 37 heavy (non-hydrogen) atoms. The van der Waals surface area contributed by atoms with Crippen LogP contribution in [-0.2, 0) is 22.6 Å². The zero-order chi connectivity index (χ0) is 26.6. The van der Waals surface area contributed by atoms with Gasteiger partial charge in [0.2, 0.25) is 5.91 Å². The lowest BCUT2D eigenvalue weighted by Crippen LogP contribution is -2.51. The summed E-state index contributed by atoms with van der Waals surface area (Å²) >= 11 is 0. The summed E-state index contributed by atoms with van der Waals surface area (Å²) in [7, 11) is 1.61. The molecule has 0 fully saturated rings. The Morgan fingerprint density at radius 2 is 1.70 bits per heavy atom. The molecular formula is C31H38N2O4. The third kappa shape index (κ3) is 8.38. The molecule has 2 amide bonds. The summed E-state index contributed by atoms with van der Waals surface area (Å²) in [5.41, 5.74) is 3.87. The Labute approximate surface area is 220 Å². The SMILES string of the molecule is CCCCNC(=O)[C@H](Cc1ccccc1)N(Cc1cccc(OC)c1)C(=O)COc1cc(C)ccc1C. The predicted molar refractivity (Wildman–Crippen MR) is 147 cm³/mol. The average Bonchev–Trinajstić information content (AvgIpc) is 2.91. The van der Waals surface area contributed by atoms with Crippen molar-refractivity contribution >= 4 is 11.8 Å². The van der Waals surface area contributed by atoms with Crippen molar-refractivity contribution in [2.24, 2.45) is 0 Å². The molecule has 0 bridgehead atoms. The molecule has 1 atom stereocenters. The summed E-state index contributed by atoms with van der Waals surface area (Å²) in [6.45, 7) is 6.68. The van der Waals surface area contributed by atoms with Crippen molar-refractivity contribution in [3.63, 3.8) is 0 Å². The lowest BCUT2D eigenvalue weighted by Gasteiger charge is -2.31. The van der Waals surface area contributed by atoms with Crippen molar-refractivity contribution < 1.29 is 19.1 Å². The number of nitrogens with zero attached hydrogens (tertiary/aromatic N) is 1. The van der Waals surface area contributed by atoms with Gasteiger partial charge < -0.3 is 19.7 Å². The van der Waals surface area contributed by atoms with E-state index in [9.17, 15) is 9.59 Å². The van der Waals surface area contributed by atoms with E-state index in [1.807, 2.05) is 86.6 Å². The van der Waals surface area contributed by atoms with Crippen LogP contribution in [-0.4, -0.2) is 43.0 Å². The van der Waals surface area contributed by atoms with Crippen molar-refractivity contribution in [1.29, 1.82) is 0 Å². The van der Waals surface area contributed by atoms with Crippen LogP contribution in [0.2, 0.25) is 0 Å². The number of nitrogens with one attached hydrogen (secondary N) is 1. The number of rotatable bonds is 13. The monoisotopic (exact) mass is 502 g/mol. The molecule has 0 spiro atoms. The van der Waals surface area contributed by atoms with Gasteiger partial charge >= 0.3 is 0 Å². The summed E-state index contributed by atoms with van der Waals surface area (Å²) in [4.78, 5) is 28.8. The molecule has 0 heterocycles. The van der Waals surface area contributed by atoms with Gasteiger partial charge in [-0.1, -0.05) is 67.9 Å². The molecule has 1 N–H and O–H groups in total. The maximum Gasteiger partial charge on any atom is 0.261 e. The molecule has 3 rings (SSSR count). The van der Waals surface area contributed by atoms with Gasteiger partial charge in [0.25, 0.3) is 5.91 Å². The van der Waals surface area contributed by atoms with Gasteiger partial charge in [-0.3, -0.25) is 9.59 Å². The van der Waals surface area contributed by atoms with E-state index in [0.29, 0.717) is 24.5 Å². The number of amides is 2. The summed E-state index contributed by atoms with van der Waals surface area (Å²) < 4.78 is 11.4. The quantitative estimate of drug-likeness (QED) is 0.324. The Bertz CT molecular complexity index is 1160. The Morgan fingerprint density at radius 3 is 2.43 bits per heavy atom. The molecule has 0 saturated carbocycles. The number of benzene rings is 3. The summed E-state index contributed by atoms with van der Waals surface area (Å²) in [6, 6.07) is 22.6. The Balaban J connectivity index is 1.92.